The number of aliphatic hydroxyl groups excluding tert-OH is 1. The van der Waals surface area contributed by atoms with Crippen LogP contribution in [0.25, 0.3) is 28.0 Å². The van der Waals surface area contributed by atoms with Gasteiger partial charge in [-0.15, -0.1) is 0 Å². The van der Waals surface area contributed by atoms with E-state index in [0.29, 0.717) is 0 Å². The van der Waals surface area contributed by atoms with Crippen molar-refractivity contribution in [3.8, 4) is 11.1 Å². The minimum Gasteiger partial charge on any atom is -0.393 e. The smallest absolute Gasteiger partial charge is 0.247 e. The maximum Gasteiger partial charge on any atom is 0.247 e. The van der Waals surface area contributed by atoms with Gasteiger partial charge in [0.25, 0.3) is 0 Å². The topological polar surface area (TPSA) is 53.1 Å². The number of H-pyrrole nitrogens is 1. The summed E-state index contributed by atoms with van der Waals surface area (Å²) in [6, 6.07) is 16.1. The molecule has 0 saturated carbocycles. The van der Waals surface area contributed by atoms with Crippen LogP contribution in [0.1, 0.15) is 31.7 Å². The molecule has 25 heavy (non-hydrogen) atoms. The van der Waals surface area contributed by atoms with Crippen molar-refractivity contribution in [1.29, 1.82) is 0 Å². The van der Waals surface area contributed by atoms with E-state index in [9.17, 15) is 9.90 Å². The lowest BCUT2D eigenvalue weighted by molar-refractivity contribution is 0.182. The Hall–Kier alpha value is -2.65. The Bertz CT molecular complexity index is 918. The lowest BCUT2D eigenvalue weighted by Gasteiger charge is -2.05. The number of pyridine rings is 1. The SMILES string of the molecule is CC(O)CCCC=Cc1ccc2cc(-c3ccc(=O)[nH]c3)ccc2c1. The van der Waals surface area contributed by atoms with Crippen molar-refractivity contribution in [2.45, 2.75) is 32.3 Å². The zero-order chi connectivity index (χ0) is 17.6. The van der Waals surface area contributed by atoms with Gasteiger partial charge in [0.1, 0.15) is 0 Å². The molecule has 3 nitrogen and oxygen atoms in total. The molecular formula is C22H23NO2. The minimum absolute atomic E-state index is 0.0885. The highest BCUT2D eigenvalue weighted by Gasteiger charge is 2.01. The van der Waals surface area contributed by atoms with E-state index < -0.39 is 0 Å². The summed E-state index contributed by atoms with van der Waals surface area (Å²) < 4.78 is 0. The second-order valence-electron chi connectivity index (χ2n) is 6.45. The zero-order valence-electron chi connectivity index (χ0n) is 14.4. The Kier molecular flexibility index (Phi) is 5.46. The molecule has 2 N–H and O–H groups in total. The third-order valence-electron chi connectivity index (χ3n) is 4.28. The molecule has 0 fully saturated rings. The van der Waals surface area contributed by atoms with Gasteiger partial charge in [-0.05, 0) is 71.8 Å². The van der Waals surface area contributed by atoms with E-state index >= 15 is 0 Å². The van der Waals surface area contributed by atoms with E-state index in [0.717, 1.165) is 30.4 Å². The number of aliphatic hydroxyl groups is 1. The molecule has 0 aliphatic rings. The quantitative estimate of drug-likeness (QED) is 0.639. The molecule has 3 heteroatoms. The third kappa shape index (κ3) is 4.68. The molecule has 1 atom stereocenters. The average molecular weight is 333 g/mol. The number of unbranched alkanes of at least 4 members (excludes halogenated alkanes) is 1. The molecule has 3 rings (SSSR count). The summed E-state index contributed by atoms with van der Waals surface area (Å²) in [7, 11) is 0. The number of hydrogen-bond donors (Lipinski definition) is 2. The zero-order valence-corrected chi connectivity index (χ0v) is 14.4. The van der Waals surface area contributed by atoms with Crippen molar-refractivity contribution in [2.24, 2.45) is 0 Å². The molecule has 0 bridgehead atoms. The summed E-state index contributed by atoms with van der Waals surface area (Å²) >= 11 is 0. The summed E-state index contributed by atoms with van der Waals surface area (Å²) in [6.45, 7) is 1.83. The van der Waals surface area contributed by atoms with Gasteiger partial charge in [0.15, 0.2) is 0 Å². The van der Waals surface area contributed by atoms with Crippen LogP contribution in [0.4, 0.5) is 0 Å². The van der Waals surface area contributed by atoms with Crippen LogP contribution in [0.5, 0.6) is 0 Å². The predicted octanol–water partition coefficient (Wildman–Crippen LogP) is 4.76. The van der Waals surface area contributed by atoms with Crippen LogP contribution in [-0.4, -0.2) is 16.2 Å². The van der Waals surface area contributed by atoms with Crippen molar-refractivity contribution < 1.29 is 5.11 Å². The normalized spacial score (nSPS) is 12.7. The summed E-state index contributed by atoms with van der Waals surface area (Å²) in [4.78, 5) is 13.9. The van der Waals surface area contributed by atoms with Gasteiger partial charge in [-0.2, -0.15) is 0 Å². The number of aromatic nitrogens is 1. The van der Waals surface area contributed by atoms with E-state index in [1.165, 1.54) is 16.3 Å². The van der Waals surface area contributed by atoms with Gasteiger partial charge < -0.3 is 10.1 Å². The molecular weight excluding hydrogens is 310 g/mol. The van der Waals surface area contributed by atoms with E-state index in [1.54, 1.807) is 12.3 Å². The lowest BCUT2D eigenvalue weighted by Crippen LogP contribution is -2.01. The molecule has 0 radical (unpaired) electrons. The fourth-order valence-electron chi connectivity index (χ4n) is 2.89. The van der Waals surface area contributed by atoms with E-state index in [1.807, 2.05) is 13.0 Å². The predicted molar refractivity (Wildman–Crippen MR) is 105 cm³/mol. The van der Waals surface area contributed by atoms with Gasteiger partial charge in [-0.1, -0.05) is 36.4 Å². The van der Waals surface area contributed by atoms with Crippen LogP contribution in [0.3, 0.4) is 0 Å². The molecule has 0 spiro atoms. The number of rotatable bonds is 6. The minimum atomic E-state index is -0.217. The number of fused-ring (bicyclic) bond motifs is 1. The first-order chi connectivity index (χ1) is 12.1. The number of aromatic amines is 1. The number of allylic oxidation sites excluding steroid dienone is 1. The van der Waals surface area contributed by atoms with Crippen LogP contribution in [0.2, 0.25) is 0 Å². The van der Waals surface area contributed by atoms with Crippen LogP contribution in [-0.2, 0) is 0 Å². The van der Waals surface area contributed by atoms with Crippen LogP contribution < -0.4 is 5.56 Å². The Morgan fingerprint density at radius 3 is 2.56 bits per heavy atom. The molecule has 0 amide bonds. The van der Waals surface area contributed by atoms with Crippen molar-refractivity contribution >= 4 is 16.8 Å². The highest BCUT2D eigenvalue weighted by atomic mass is 16.3. The van der Waals surface area contributed by atoms with Crippen molar-refractivity contribution in [3.63, 3.8) is 0 Å². The second kappa shape index (κ2) is 7.95. The second-order valence-corrected chi connectivity index (χ2v) is 6.45. The van der Waals surface area contributed by atoms with E-state index in [-0.39, 0.29) is 11.7 Å². The van der Waals surface area contributed by atoms with E-state index in [2.05, 4.69) is 53.5 Å². The van der Waals surface area contributed by atoms with Crippen LogP contribution in [0, 0.1) is 0 Å². The molecule has 128 valence electrons. The van der Waals surface area contributed by atoms with E-state index in [4.69, 9.17) is 0 Å². The number of benzene rings is 2. The van der Waals surface area contributed by atoms with Gasteiger partial charge in [0.2, 0.25) is 5.56 Å². The largest absolute Gasteiger partial charge is 0.393 e. The molecule has 1 aromatic heterocycles. The average Bonchev–Trinajstić information content (AvgIpc) is 2.61. The first kappa shape index (κ1) is 17.2. The Morgan fingerprint density at radius 1 is 1.04 bits per heavy atom. The van der Waals surface area contributed by atoms with Gasteiger partial charge in [-0.25, -0.2) is 0 Å². The lowest BCUT2D eigenvalue weighted by atomic mass is 10.0. The maximum absolute atomic E-state index is 11.2. The van der Waals surface area contributed by atoms with Crippen LogP contribution >= 0.6 is 0 Å². The van der Waals surface area contributed by atoms with Crippen molar-refractivity contribution in [1.82, 2.24) is 4.98 Å². The first-order valence-electron chi connectivity index (χ1n) is 8.69. The van der Waals surface area contributed by atoms with Gasteiger partial charge in [-0.3, -0.25) is 4.79 Å². The molecule has 0 aliphatic heterocycles. The molecule has 3 aromatic rings. The summed E-state index contributed by atoms with van der Waals surface area (Å²) in [6.07, 6.45) is 8.66. The Balaban J connectivity index is 1.75. The first-order valence-corrected chi connectivity index (χ1v) is 8.69. The summed E-state index contributed by atoms with van der Waals surface area (Å²) in [5, 5.41) is 11.6. The van der Waals surface area contributed by atoms with Gasteiger partial charge >= 0.3 is 0 Å². The Morgan fingerprint density at radius 2 is 1.80 bits per heavy atom. The molecule has 0 saturated heterocycles. The van der Waals surface area contributed by atoms with Crippen LogP contribution in [0.15, 0.2) is 65.6 Å². The molecule has 1 unspecified atom stereocenters. The molecule has 2 aromatic carbocycles. The third-order valence-corrected chi connectivity index (χ3v) is 4.28. The fraction of sp³-hybridized carbons (Fsp3) is 0.227. The Labute approximate surface area is 147 Å². The summed E-state index contributed by atoms with van der Waals surface area (Å²) in [5.41, 5.74) is 3.18. The van der Waals surface area contributed by atoms with Crippen molar-refractivity contribution in [3.05, 3.63) is 76.7 Å². The standard InChI is InChI=1S/C22H23NO2/c1-16(24)5-3-2-4-6-17-7-8-19-14-20(10-9-18(19)13-17)21-11-12-22(25)23-15-21/h4,6-16,24H,2-3,5H2,1H3,(H,23,25). The fourth-order valence-corrected chi connectivity index (χ4v) is 2.89. The highest BCUT2D eigenvalue weighted by molar-refractivity contribution is 5.88. The molecule has 1 heterocycles. The highest BCUT2D eigenvalue weighted by Crippen LogP contribution is 2.24. The van der Waals surface area contributed by atoms with Gasteiger partial charge in [0, 0.05) is 12.3 Å². The summed E-state index contributed by atoms with van der Waals surface area (Å²) in [5.74, 6) is 0. The monoisotopic (exact) mass is 333 g/mol. The number of hydrogen-bond acceptors (Lipinski definition) is 2. The number of nitrogens with one attached hydrogen (secondary N) is 1. The maximum atomic E-state index is 11.2. The van der Waals surface area contributed by atoms with Crippen molar-refractivity contribution in [2.75, 3.05) is 0 Å². The van der Waals surface area contributed by atoms with Gasteiger partial charge in [0.05, 0.1) is 6.10 Å². The molecule has 0 aliphatic carbocycles.